The van der Waals surface area contributed by atoms with Crippen molar-refractivity contribution in [1.29, 1.82) is 0 Å². The van der Waals surface area contributed by atoms with E-state index >= 15 is 0 Å². The molecule has 2 rings (SSSR count). The van der Waals surface area contributed by atoms with Gasteiger partial charge in [-0.2, -0.15) is 11.8 Å². The summed E-state index contributed by atoms with van der Waals surface area (Å²) in [5, 5.41) is 2.61. The lowest BCUT2D eigenvalue weighted by atomic mass is 9.88. The number of carbonyl (C=O) groups excluding carboxylic acids is 1. The minimum atomic E-state index is -0.0303. The van der Waals surface area contributed by atoms with Gasteiger partial charge in [-0.15, -0.1) is 0 Å². The normalized spacial score (nSPS) is 10.6. The largest absolute Gasteiger partial charge is 0.355 e. The Morgan fingerprint density at radius 1 is 0.960 bits per heavy atom. The zero-order valence-electron chi connectivity index (χ0n) is 16.3. The van der Waals surface area contributed by atoms with Gasteiger partial charge >= 0.3 is 0 Å². The van der Waals surface area contributed by atoms with Crippen LogP contribution in [0.5, 0.6) is 0 Å². The second-order valence-corrected chi connectivity index (χ2v) is 8.30. The van der Waals surface area contributed by atoms with Crippen LogP contribution in [0.3, 0.4) is 0 Å². The van der Waals surface area contributed by atoms with Crippen molar-refractivity contribution < 1.29 is 4.79 Å². The van der Waals surface area contributed by atoms with Crippen molar-refractivity contribution in [2.45, 2.75) is 39.9 Å². The number of hydrogen-bond acceptors (Lipinski definition) is 2. The molecule has 2 nitrogen and oxygen atoms in total. The molecule has 0 bridgehead atoms. The van der Waals surface area contributed by atoms with E-state index in [1.165, 1.54) is 16.7 Å². The summed E-state index contributed by atoms with van der Waals surface area (Å²) in [6, 6.07) is 16.5. The highest BCUT2D eigenvalue weighted by atomic mass is 32.2. The van der Waals surface area contributed by atoms with Gasteiger partial charge in [0.05, 0.1) is 0 Å². The topological polar surface area (TPSA) is 29.1 Å². The molecule has 25 heavy (non-hydrogen) atoms. The molecule has 2 aromatic carbocycles. The maximum atomic E-state index is 11.3. The second kappa shape index (κ2) is 10.3. The van der Waals surface area contributed by atoms with Gasteiger partial charge in [-0.1, -0.05) is 62.7 Å². The number of rotatable bonds is 4. The minimum Gasteiger partial charge on any atom is -0.355 e. The van der Waals surface area contributed by atoms with Crippen LogP contribution in [0.25, 0.3) is 0 Å². The predicted molar refractivity (Wildman–Crippen MR) is 111 cm³/mol. The summed E-state index contributed by atoms with van der Waals surface area (Å²) in [5.41, 5.74) is 5.03. The number of carbonyl (C=O) groups is 1. The molecule has 0 unspecified atom stereocenters. The quantitative estimate of drug-likeness (QED) is 0.783. The standard InChI is InChI=1S/C13H19NO.C9H12S/c1-13(2,3)9-10-5-7-11(8-6-10)12(15)14-4;1-8-3-5-9(6-4-8)7-10-2/h5-8H,9H2,1-4H3,(H,14,15);3-6H,7H2,1-2H3. The summed E-state index contributed by atoms with van der Waals surface area (Å²) in [7, 11) is 1.64. The number of thioether (sulfide) groups is 1. The van der Waals surface area contributed by atoms with E-state index in [-0.39, 0.29) is 11.3 Å². The van der Waals surface area contributed by atoms with Crippen LogP contribution in [-0.4, -0.2) is 19.2 Å². The number of benzene rings is 2. The van der Waals surface area contributed by atoms with Crippen molar-refractivity contribution in [2.75, 3.05) is 13.3 Å². The molecule has 1 amide bonds. The first-order valence-electron chi connectivity index (χ1n) is 8.60. The van der Waals surface area contributed by atoms with Crippen LogP contribution < -0.4 is 5.32 Å². The van der Waals surface area contributed by atoms with Crippen LogP contribution in [-0.2, 0) is 12.2 Å². The van der Waals surface area contributed by atoms with Crippen LogP contribution in [0.15, 0.2) is 48.5 Å². The molecule has 0 saturated heterocycles. The third kappa shape index (κ3) is 8.78. The van der Waals surface area contributed by atoms with E-state index in [4.69, 9.17) is 0 Å². The highest BCUT2D eigenvalue weighted by molar-refractivity contribution is 7.97. The molecule has 0 aromatic heterocycles. The maximum absolute atomic E-state index is 11.3. The molecule has 0 atom stereocenters. The van der Waals surface area contributed by atoms with Crippen LogP contribution >= 0.6 is 11.8 Å². The van der Waals surface area contributed by atoms with Crippen molar-refractivity contribution in [3.8, 4) is 0 Å². The maximum Gasteiger partial charge on any atom is 0.251 e. The van der Waals surface area contributed by atoms with Crippen molar-refractivity contribution >= 4 is 17.7 Å². The van der Waals surface area contributed by atoms with Crippen LogP contribution in [0.4, 0.5) is 0 Å². The Kier molecular flexibility index (Phi) is 8.77. The third-order valence-electron chi connectivity index (χ3n) is 3.61. The van der Waals surface area contributed by atoms with Gasteiger partial charge in [-0.3, -0.25) is 4.79 Å². The van der Waals surface area contributed by atoms with Gasteiger partial charge in [0.2, 0.25) is 0 Å². The molecule has 0 heterocycles. The lowest BCUT2D eigenvalue weighted by Crippen LogP contribution is -2.17. The molecule has 0 radical (unpaired) electrons. The molecule has 0 saturated carbocycles. The second-order valence-electron chi connectivity index (χ2n) is 7.43. The fourth-order valence-corrected chi connectivity index (χ4v) is 2.91. The Hall–Kier alpha value is -1.74. The summed E-state index contributed by atoms with van der Waals surface area (Å²) < 4.78 is 0. The molecule has 2 aromatic rings. The lowest BCUT2D eigenvalue weighted by molar-refractivity contribution is 0.0963. The molecule has 3 heteroatoms. The number of amides is 1. The third-order valence-corrected chi connectivity index (χ3v) is 4.23. The van der Waals surface area contributed by atoms with Gasteiger partial charge in [0.1, 0.15) is 0 Å². The zero-order chi connectivity index (χ0) is 18.9. The molecule has 0 aliphatic rings. The average molecular weight is 358 g/mol. The van der Waals surface area contributed by atoms with Crippen molar-refractivity contribution in [3.63, 3.8) is 0 Å². The Balaban J connectivity index is 0.000000271. The van der Waals surface area contributed by atoms with E-state index < -0.39 is 0 Å². The fraction of sp³-hybridized carbons (Fsp3) is 0.409. The smallest absolute Gasteiger partial charge is 0.251 e. The number of hydrogen-bond donors (Lipinski definition) is 1. The van der Waals surface area contributed by atoms with Gasteiger partial charge in [0.15, 0.2) is 0 Å². The average Bonchev–Trinajstić information content (AvgIpc) is 2.56. The Labute approximate surface area is 157 Å². The SMILES string of the molecule is CNC(=O)c1ccc(CC(C)(C)C)cc1.CSCc1ccc(C)cc1. The summed E-state index contributed by atoms with van der Waals surface area (Å²) in [6.45, 7) is 8.74. The summed E-state index contributed by atoms with van der Waals surface area (Å²) in [5.74, 6) is 1.10. The van der Waals surface area contributed by atoms with Gasteiger partial charge in [-0.25, -0.2) is 0 Å². The number of aryl methyl sites for hydroxylation is 1. The molecule has 0 aliphatic carbocycles. The Bertz CT molecular complexity index is 639. The van der Waals surface area contributed by atoms with Gasteiger partial charge in [0, 0.05) is 18.4 Å². The molecule has 0 spiro atoms. The monoisotopic (exact) mass is 357 g/mol. The first-order valence-corrected chi connectivity index (χ1v) is 10.00. The summed E-state index contributed by atoms with van der Waals surface area (Å²) in [4.78, 5) is 11.3. The van der Waals surface area contributed by atoms with Gasteiger partial charge < -0.3 is 5.32 Å². The van der Waals surface area contributed by atoms with Crippen molar-refractivity contribution in [1.82, 2.24) is 5.32 Å². The highest BCUT2D eigenvalue weighted by Crippen LogP contribution is 2.20. The molecule has 0 aliphatic heterocycles. The minimum absolute atomic E-state index is 0.0303. The summed E-state index contributed by atoms with van der Waals surface area (Å²) in [6.07, 6.45) is 3.15. The van der Waals surface area contributed by atoms with Gasteiger partial charge in [0.25, 0.3) is 5.91 Å². The van der Waals surface area contributed by atoms with E-state index in [2.05, 4.69) is 63.5 Å². The van der Waals surface area contributed by atoms with E-state index in [1.807, 2.05) is 36.0 Å². The molecular formula is C22H31NOS. The highest BCUT2D eigenvalue weighted by Gasteiger charge is 2.11. The predicted octanol–water partition coefficient (Wildman–Crippen LogP) is 5.49. The van der Waals surface area contributed by atoms with E-state index in [9.17, 15) is 4.79 Å². The Morgan fingerprint density at radius 3 is 1.92 bits per heavy atom. The fourth-order valence-electron chi connectivity index (χ4n) is 2.38. The van der Waals surface area contributed by atoms with Crippen molar-refractivity contribution in [2.24, 2.45) is 5.41 Å². The van der Waals surface area contributed by atoms with E-state index in [1.54, 1.807) is 7.05 Å². The molecule has 136 valence electrons. The lowest BCUT2D eigenvalue weighted by Gasteiger charge is -2.18. The Morgan fingerprint density at radius 2 is 1.48 bits per heavy atom. The summed E-state index contributed by atoms with van der Waals surface area (Å²) >= 11 is 1.86. The van der Waals surface area contributed by atoms with Gasteiger partial charge in [-0.05, 0) is 48.3 Å². The van der Waals surface area contributed by atoms with Crippen LogP contribution in [0.1, 0.15) is 47.8 Å². The van der Waals surface area contributed by atoms with Crippen molar-refractivity contribution in [3.05, 3.63) is 70.8 Å². The van der Waals surface area contributed by atoms with Crippen LogP contribution in [0, 0.1) is 12.3 Å². The van der Waals surface area contributed by atoms with E-state index in [0.717, 1.165) is 17.7 Å². The molecule has 1 N–H and O–H groups in total. The number of nitrogens with one attached hydrogen (secondary N) is 1. The molecule has 0 fully saturated rings. The first kappa shape index (κ1) is 21.3. The zero-order valence-corrected chi connectivity index (χ0v) is 17.2. The first-order chi connectivity index (χ1) is 11.7. The van der Waals surface area contributed by atoms with Crippen LogP contribution in [0.2, 0.25) is 0 Å². The van der Waals surface area contributed by atoms with E-state index in [0.29, 0.717) is 0 Å². The molecular weight excluding hydrogens is 326 g/mol.